The minimum atomic E-state index is 0.716. The van der Waals surface area contributed by atoms with Crippen LogP contribution in [0.2, 0.25) is 0 Å². The number of oxazole rings is 1. The van der Waals surface area contributed by atoms with Crippen molar-refractivity contribution in [1.82, 2.24) is 10.3 Å². The lowest BCUT2D eigenvalue weighted by atomic mass is 9.89. The number of aromatic nitrogens is 1. The van der Waals surface area contributed by atoms with E-state index in [1.54, 1.807) is 6.26 Å². The zero-order chi connectivity index (χ0) is 12.3. The van der Waals surface area contributed by atoms with Crippen molar-refractivity contribution >= 4 is 6.01 Å². The molecule has 2 atom stereocenters. The van der Waals surface area contributed by atoms with Gasteiger partial charge in [0.2, 0.25) is 0 Å². The van der Waals surface area contributed by atoms with Gasteiger partial charge in [-0.3, -0.25) is 0 Å². The van der Waals surface area contributed by atoms with E-state index in [1.807, 2.05) is 0 Å². The van der Waals surface area contributed by atoms with Crippen LogP contribution in [0, 0.1) is 11.8 Å². The molecular weight excluding hydrogens is 214 g/mol. The molecule has 17 heavy (non-hydrogen) atoms. The molecule has 96 valence electrons. The lowest BCUT2D eigenvalue weighted by molar-refractivity contribution is 0.313. The maximum Gasteiger partial charge on any atom is 0.297 e. The highest BCUT2D eigenvalue weighted by molar-refractivity contribution is 5.28. The standard InChI is InChI=1S/C13H23N3O/c1-4-14-7-12-9-17-13(15-12)16-6-5-10(2)11(3)8-16/h9-11,14H,4-8H2,1-3H3. The molecule has 4 heteroatoms. The maximum atomic E-state index is 5.56. The summed E-state index contributed by atoms with van der Waals surface area (Å²) in [5.74, 6) is 1.52. The number of nitrogens with zero attached hydrogens (tertiary/aromatic N) is 2. The summed E-state index contributed by atoms with van der Waals surface area (Å²) < 4.78 is 5.56. The highest BCUT2D eigenvalue weighted by atomic mass is 16.4. The predicted molar refractivity (Wildman–Crippen MR) is 69.0 cm³/mol. The van der Waals surface area contributed by atoms with Gasteiger partial charge in [-0.15, -0.1) is 0 Å². The van der Waals surface area contributed by atoms with Gasteiger partial charge in [0, 0.05) is 19.6 Å². The molecule has 0 bridgehead atoms. The fraction of sp³-hybridized carbons (Fsp3) is 0.769. The van der Waals surface area contributed by atoms with Gasteiger partial charge in [0.15, 0.2) is 0 Å². The topological polar surface area (TPSA) is 41.3 Å². The Morgan fingerprint density at radius 2 is 2.29 bits per heavy atom. The summed E-state index contributed by atoms with van der Waals surface area (Å²) in [6, 6.07) is 0.789. The molecular formula is C13H23N3O. The van der Waals surface area contributed by atoms with Crippen LogP contribution >= 0.6 is 0 Å². The maximum absolute atomic E-state index is 5.56. The van der Waals surface area contributed by atoms with E-state index in [2.05, 4.69) is 36.0 Å². The third-order valence-corrected chi connectivity index (χ3v) is 3.70. The molecule has 1 aromatic rings. The van der Waals surface area contributed by atoms with Crippen molar-refractivity contribution in [3.05, 3.63) is 12.0 Å². The molecule has 1 fully saturated rings. The SMILES string of the molecule is CCNCc1coc(N2CCC(C)C(C)C2)n1. The fourth-order valence-corrected chi connectivity index (χ4v) is 2.21. The lowest BCUT2D eigenvalue weighted by Crippen LogP contribution is -2.38. The first-order valence-electron chi connectivity index (χ1n) is 6.60. The molecule has 0 aliphatic carbocycles. The number of piperidine rings is 1. The van der Waals surface area contributed by atoms with Crippen molar-refractivity contribution in [2.45, 2.75) is 33.7 Å². The number of hydrogen-bond acceptors (Lipinski definition) is 4. The highest BCUT2D eigenvalue weighted by Crippen LogP contribution is 2.26. The summed E-state index contributed by atoms with van der Waals surface area (Å²) in [6.45, 7) is 10.6. The molecule has 1 aromatic heterocycles. The summed E-state index contributed by atoms with van der Waals surface area (Å²) in [5.41, 5.74) is 0.994. The van der Waals surface area contributed by atoms with E-state index in [-0.39, 0.29) is 0 Å². The van der Waals surface area contributed by atoms with Gasteiger partial charge in [-0.05, 0) is 24.8 Å². The van der Waals surface area contributed by atoms with Crippen molar-refractivity contribution in [3.8, 4) is 0 Å². The predicted octanol–water partition coefficient (Wildman–Crippen LogP) is 2.27. The van der Waals surface area contributed by atoms with Gasteiger partial charge in [0.05, 0.1) is 5.69 Å². The Kier molecular flexibility index (Phi) is 4.05. The largest absolute Gasteiger partial charge is 0.432 e. The minimum Gasteiger partial charge on any atom is -0.432 e. The van der Waals surface area contributed by atoms with E-state index >= 15 is 0 Å². The number of anilines is 1. The van der Waals surface area contributed by atoms with Crippen LogP contribution in [0.4, 0.5) is 6.01 Å². The van der Waals surface area contributed by atoms with Crippen LogP contribution < -0.4 is 10.2 Å². The summed E-state index contributed by atoms with van der Waals surface area (Å²) in [4.78, 5) is 6.79. The second-order valence-corrected chi connectivity index (χ2v) is 5.09. The van der Waals surface area contributed by atoms with Gasteiger partial charge in [-0.25, -0.2) is 0 Å². The van der Waals surface area contributed by atoms with Gasteiger partial charge >= 0.3 is 0 Å². The van der Waals surface area contributed by atoms with E-state index in [0.29, 0.717) is 5.92 Å². The highest BCUT2D eigenvalue weighted by Gasteiger charge is 2.25. The quantitative estimate of drug-likeness (QED) is 0.872. The van der Waals surface area contributed by atoms with E-state index in [4.69, 9.17) is 4.42 Å². The van der Waals surface area contributed by atoms with Crippen molar-refractivity contribution in [1.29, 1.82) is 0 Å². The van der Waals surface area contributed by atoms with Crippen LogP contribution in [0.3, 0.4) is 0 Å². The molecule has 2 unspecified atom stereocenters. The first kappa shape index (κ1) is 12.4. The monoisotopic (exact) mass is 237 g/mol. The fourth-order valence-electron chi connectivity index (χ4n) is 2.21. The van der Waals surface area contributed by atoms with E-state index in [9.17, 15) is 0 Å². The van der Waals surface area contributed by atoms with Crippen molar-refractivity contribution in [3.63, 3.8) is 0 Å². The van der Waals surface area contributed by atoms with E-state index in [0.717, 1.165) is 43.8 Å². The summed E-state index contributed by atoms with van der Waals surface area (Å²) >= 11 is 0. The summed E-state index contributed by atoms with van der Waals surface area (Å²) in [5, 5.41) is 3.26. The summed E-state index contributed by atoms with van der Waals surface area (Å²) in [6.07, 6.45) is 2.99. The molecule has 1 aliphatic rings. The van der Waals surface area contributed by atoms with Crippen LogP contribution in [-0.4, -0.2) is 24.6 Å². The molecule has 0 amide bonds. The molecule has 1 saturated heterocycles. The molecule has 0 aromatic carbocycles. The van der Waals surface area contributed by atoms with Gasteiger partial charge in [0.25, 0.3) is 6.01 Å². The van der Waals surface area contributed by atoms with Gasteiger partial charge in [-0.2, -0.15) is 4.98 Å². The van der Waals surface area contributed by atoms with Crippen molar-refractivity contribution < 1.29 is 4.42 Å². The Morgan fingerprint density at radius 1 is 1.47 bits per heavy atom. The normalized spacial score (nSPS) is 25.2. The molecule has 0 radical (unpaired) electrons. The Labute approximate surface area is 103 Å². The van der Waals surface area contributed by atoms with Crippen molar-refractivity contribution in [2.24, 2.45) is 11.8 Å². The van der Waals surface area contributed by atoms with Crippen molar-refractivity contribution in [2.75, 3.05) is 24.5 Å². The molecule has 2 rings (SSSR count). The van der Waals surface area contributed by atoms with Gasteiger partial charge in [-0.1, -0.05) is 20.8 Å². The number of rotatable bonds is 4. The Morgan fingerprint density at radius 3 is 3.00 bits per heavy atom. The van der Waals surface area contributed by atoms with Crippen LogP contribution in [0.15, 0.2) is 10.7 Å². The zero-order valence-electron chi connectivity index (χ0n) is 11.1. The molecule has 2 heterocycles. The molecule has 1 N–H and O–H groups in total. The molecule has 4 nitrogen and oxygen atoms in total. The van der Waals surface area contributed by atoms with E-state index < -0.39 is 0 Å². The second-order valence-electron chi connectivity index (χ2n) is 5.09. The Hall–Kier alpha value is -1.03. The third kappa shape index (κ3) is 3.00. The average molecular weight is 237 g/mol. The van der Waals surface area contributed by atoms with Crippen LogP contribution in [-0.2, 0) is 6.54 Å². The van der Waals surface area contributed by atoms with Crippen LogP contribution in [0.25, 0.3) is 0 Å². The number of nitrogens with one attached hydrogen (secondary N) is 1. The number of hydrogen-bond donors (Lipinski definition) is 1. The zero-order valence-corrected chi connectivity index (χ0v) is 11.1. The first-order valence-corrected chi connectivity index (χ1v) is 6.60. The van der Waals surface area contributed by atoms with E-state index in [1.165, 1.54) is 6.42 Å². The smallest absolute Gasteiger partial charge is 0.297 e. The average Bonchev–Trinajstić information content (AvgIpc) is 2.79. The first-order chi connectivity index (χ1) is 8.20. The molecule has 0 saturated carbocycles. The van der Waals surface area contributed by atoms with Crippen LogP contribution in [0.5, 0.6) is 0 Å². The van der Waals surface area contributed by atoms with Gasteiger partial charge in [0.1, 0.15) is 6.26 Å². The van der Waals surface area contributed by atoms with Gasteiger partial charge < -0.3 is 14.6 Å². The Balaban J connectivity index is 1.95. The second kappa shape index (κ2) is 5.54. The van der Waals surface area contributed by atoms with Crippen LogP contribution in [0.1, 0.15) is 32.9 Å². The summed E-state index contributed by atoms with van der Waals surface area (Å²) in [7, 11) is 0. The molecule has 0 spiro atoms. The minimum absolute atomic E-state index is 0.716. The third-order valence-electron chi connectivity index (χ3n) is 3.70. The molecule has 1 aliphatic heterocycles. The lowest BCUT2D eigenvalue weighted by Gasteiger charge is -2.34. The Bertz CT molecular complexity index is 350.